The molecule has 3 unspecified atom stereocenters. The highest BCUT2D eigenvalue weighted by Crippen LogP contribution is 2.68. The molecule has 0 bridgehead atoms. The predicted molar refractivity (Wildman–Crippen MR) is 166 cm³/mol. The summed E-state index contributed by atoms with van der Waals surface area (Å²) in [5, 5.41) is 32.0. The van der Waals surface area contributed by atoms with Gasteiger partial charge in [-0.1, -0.05) is 20.8 Å². The van der Waals surface area contributed by atoms with E-state index in [2.05, 4.69) is 26.1 Å². The smallest absolute Gasteiger partial charge is 0.306 e. The van der Waals surface area contributed by atoms with Gasteiger partial charge in [-0.25, -0.2) is 0 Å². The third-order valence-electron chi connectivity index (χ3n) is 13.3. The van der Waals surface area contributed by atoms with Crippen LogP contribution < -0.4 is 5.32 Å². The Morgan fingerprint density at radius 3 is 2.38 bits per heavy atom. The number of ether oxygens (including phenoxy) is 3. The summed E-state index contributed by atoms with van der Waals surface area (Å²) >= 11 is 0. The molecule has 13 atom stereocenters. The van der Waals surface area contributed by atoms with Crippen molar-refractivity contribution in [2.24, 2.45) is 46.3 Å². The van der Waals surface area contributed by atoms with Crippen LogP contribution in [-0.4, -0.2) is 77.5 Å². The fourth-order valence-corrected chi connectivity index (χ4v) is 10.9. The highest BCUT2D eigenvalue weighted by Gasteiger charge is 2.60. The van der Waals surface area contributed by atoms with Crippen molar-refractivity contribution in [3.05, 3.63) is 0 Å². The number of amides is 1. The highest BCUT2D eigenvalue weighted by atomic mass is 16.7. The molecule has 1 amide bonds. The summed E-state index contributed by atoms with van der Waals surface area (Å²) in [5.41, 5.74) is 0.586. The minimum absolute atomic E-state index is 0.00563. The maximum Gasteiger partial charge on any atom is 0.306 e. The van der Waals surface area contributed by atoms with Gasteiger partial charge in [0, 0.05) is 32.9 Å². The zero-order valence-corrected chi connectivity index (χ0v) is 27.7. The molecular formula is C35H57NO9. The molecule has 0 aromatic rings. The predicted octanol–water partition coefficient (Wildman–Crippen LogP) is 4.44. The Morgan fingerprint density at radius 2 is 1.64 bits per heavy atom. The van der Waals surface area contributed by atoms with Crippen molar-refractivity contribution in [2.45, 2.75) is 141 Å². The van der Waals surface area contributed by atoms with E-state index in [9.17, 15) is 29.7 Å². The van der Waals surface area contributed by atoms with Crippen molar-refractivity contribution < 1.29 is 43.9 Å². The van der Waals surface area contributed by atoms with Crippen molar-refractivity contribution in [1.29, 1.82) is 0 Å². The second-order valence-electron chi connectivity index (χ2n) is 15.6. The Hall–Kier alpha value is -1.75. The Bertz CT molecular complexity index is 1070. The van der Waals surface area contributed by atoms with E-state index in [4.69, 9.17) is 14.2 Å². The molecule has 1 aliphatic heterocycles. The first-order valence-corrected chi connectivity index (χ1v) is 17.6. The third-order valence-corrected chi connectivity index (χ3v) is 13.3. The van der Waals surface area contributed by atoms with Crippen molar-refractivity contribution in [1.82, 2.24) is 5.32 Å². The number of fused-ring (bicyclic) bond motifs is 5. The van der Waals surface area contributed by atoms with Gasteiger partial charge in [0.2, 0.25) is 5.91 Å². The molecule has 1 heterocycles. The normalized spacial score (nSPS) is 43.3. The number of aliphatic carboxylic acids is 1. The Balaban J connectivity index is 1.07. The number of hydrogen-bond acceptors (Lipinski definition) is 8. The first-order valence-electron chi connectivity index (χ1n) is 17.6. The van der Waals surface area contributed by atoms with Crippen LogP contribution in [-0.2, 0) is 28.6 Å². The van der Waals surface area contributed by atoms with Gasteiger partial charge >= 0.3 is 11.9 Å². The van der Waals surface area contributed by atoms with Crippen LogP contribution in [0, 0.1) is 46.3 Å². The van der Waals surface area contributed by atoms with E-state index in [1.807, 2.05) is 0 Å². The van der Waals surface area contributed by atoms with E-state index in [1.54, 1.807) is 0 Å². The second kappa shape index (κ2) is 14.2. The Labute approximate surface area is 268 Å². The molecule has 0 radical (unpaired) electrons. The van der Waals surface area contributed by atoms with Gasteiger partial charge in [0.25, 0.3) is 0 Å². The van der Waals surface area contributed by atoms with E-state index in [-0.39, 0.29) is 55.6 Å². The number of nitrogens with one attached hydrogen (secondary N) is 1. The van der Waals surface area contributed by atoms with E-state index in [0.717, 1.165) is 37.5 Å². The summed E-state index contributed by atoms with van der Waals surface area (Å²) in [4.78, 5) is 36.4. The molecular weight excluding hydrogens is 578 g/mol. The van der Waals surface area contributed by atoms with Crippen molar-refractivity contribution in [2.75, 3.05) is 13.7 Å². The lowest BCUT2D eigenvalue weighted by molar-refractivity contribution is -0.254. The molecule has 5 fully saturated rings. The maximum absolute atomic E-state index is 12.7. The van der Waals surface area contributed by atoms with Crippen LogP contribution in [0.15, 0.2) is 0 Å². The number of aliphatic hydroxyl groups is 2. The first-order chi connectivity index (χ1) is 21.4. The topological polar surface area (TPSA) is 152 Å². The van der Waals surface area contributed by atoms with Crippen LogP contribution in [0.25, 0.3) is 0 Å². The summed E-state index contributed by atoms with van der Waals surface area (Å²) in [5.74, 6) is 2.45. The number of carboxylic acids is 1. The summed E-state index contributed by atoms with van der Waals surface area (Å²) in [6.45, 7) is 7.37. The standard InChI is InChI=1S/C35H57NO9/c1-20(5-11-31(40)41)24-8-9-25-23-7-6-21-17-22(13-15-34(21,2)26(23)14-16-35(24,25)3)44-32(42)12-10-30(39)36-19-29-27(37)18-28(38)33(43-4)45-29/h20-29,33,37-38H,5-19H2,1-4H3,(H,36,39)(H,40,41)/t20-,21-,22+,23+,24?,25?,26?,27+,28-,29-,33+,34+,35-/m1/s1. The monoisotopic (exact) mass is 635 g/mol. The molecule has 256 valence electrons. The average Bonchev–Trinajstić information content (AvgIpc) is 3.36. The quantitative estimate of drug-likeness (QED) is 0.242. The van der Waals surface area contributed by atoms with Gasteiger partial charge in [-0.3, -0.25) is 14.4 Å². The number of hydrogen-bond donors (Lipinski definition) is 4. The van der Waals surface area contributed by atoms with Gasteiger partial charge in [0.1, 0.15) is 18.3 Å². The fourth-order valence-electron chi connectivity index (χ4n) is 10.9. The highest BCUT2D eigenvalue weighted by molar-refractivity contribution is 5.81. The molecule has 10 heteroatoms. The van der Waals surface area contributed by atoms with E-state index in [1.165, 1.54) is 45.6 Å². The number of aliphatic hydroxyl groups excluding tert-OH is 2. The number of methoxy groups -OCH3 is 1. The molecule has 45 heavy (non-hydrogen) atoms. The number of carbonyl (C=O) groups excluding carboxylic acids is 2. The zero-order valence-electron chi connectivity index (χ0n) is 27.7. The van der Waals surface area contributed by atoms with Crippen molar-refractivity contribution in [3.63, 3.8) is 0 Å². The number of rotatable bonds is 11. The lowest BCUT2D eigenvalue weighted by Gasteiger charge is -2.61. The average molecular weight is 636 g/mol. The van der Waals surface area contributed by atoms with Gasteiger partial charge in [-0.15, -0.1) is 0 Å². The molecule has 0 spiro atoms. The van der Waals surface area contributed by atoms with Crippen LogP contribution in [0.3, 0.4) is 0 Å². The zero-order chi connectivity index (χ0) is 32.5. The van der Waals surface area contributed by atoms with Crippen LogP contribution in [0.1, 0.15) is 111 Å². The summed E-state index contributed by atoms with van der Waals surface area (Å²) in [6, 6.07) is 0. The van der Waals surface area contributed by atoms with Crippen molar-refractivity contribution >= 4 is 17.8 Å². The fraction of sp³-hybridized carbons (Fsp3) is 0.914. The number of carboxylic acid groups (broad SMARTS) is 1. The number of esters is 1. The van der Waals surface area contributed by atoms with Gasteiger partial charge in [-0.05, 0) is 111 Å². The molecule has 0 aromatic carbocycles. The molecule has 10 nitrogen and oxygen atoms in total. The molecule has 5 aliphatic rings. The molecule has 1 saturated heterocycles. The molecule has 4 saturated carbocycles. The van der Waals surface area contributed by atoms with Crippen LogP contribution in [0.4, 0.5) is 0 Å². The largest absolute Gasteiger partial charge is 0.481 e. The van der Waals surface area contributed by atoms with Crippen LogP contribution in [0.5, 0.6) is 0 Å². The third kappa shape index (κ3) is 7.24. The van der Waals surface area contributed by atoms with Crippen LogP contribution >= 0.6 is 0 Å². The SMILES string of the molecule is CO[C@H]1O[C@H](CNC(=O)CCC(=O)O[C@H]2CC[C@]3(C)C4CC[C@@]5(C)C(CCC5[C@H](C)CCC(=O)O)[C@@H]4CC[C@@H]3C2)[C@@H](O)C[C@H]1O. The molecule has 5 rings (SSSR count). The minimum atomic E-state index is -0.926. The molecule has 4 aliphatic carbocycles. The van der Waals surface area contributed by atoms with Gasteiger partial charge in [-0.2, -0.15) is 0 Å². The van der Waals surface area contributed by atoms with Crippen LogP contribution in [0.2, 0.25) is 0 Å². The maximum atomic E-state index is 12.7. The van der Waals surface area contributed by atoms with Gasteiger partial charge in [0.15, 0.2) is 6.29 Å². The van der Waals surface area contributed by atoms with Crippen molar-refractivity contribution in [3.8, 4) is 0 Å². The summed E-state index contributed by atoms with van der Waals surface area (Å²) < 4.78 is 16.5. The number of carbonyl (C=O) groups is 3. The molecule has 0 aromatic heterocycles. The lowest BCUT2D eigenvalue weighted by Crippen LogP contribution is -2.54. The van der Waals surface area contributed by atoms with E-state index >= 15 is 0 Å². The second-order valence-corrected chi connectivity index (χ2v) is 15.6. The minimum Gasteiger partial charge on any atom is -0.481 e. The Kier molecular flexibility index (Phi) is 10.9. The van der Waals surface area contributed by atoms with E-state index in [0.29, 0.717) is 29.1 Å². The Morgan fingerprint density at radius 1 is 0.911 bits per heavy atom. The molecule has 4 N–H and O–H groups in total. The van der Waals surface area contributed by atoms with E-state index < -0.39 is 30.6 Å². The lowest BCUT2D eigenvalue weighted by atomic mass is 9.44. The summed E-state index contributed by atoms with van der Waals surface area (Å²) in [6.07, 6.45) is 7.94. The first kappa shape index (κ1) is 34.6. The summed E-state index contributed by atoms with van der Waals surface area (Å²) in [7, 11) is 1.41. The van der Waals surface area contributed by atoms with Gasteiger partial charge in [0.05, 0.1) is 12.5 Å². The van der Waals surface area contributed by atoms with Gasteiger partial charge < -0.3 is 34.8 Å².